The molecule has 1 aliphatic heterocycles. The second-order valence-electron chi connectivity index (χ2n) is 8.79. The fourth-order valence-electron chi connectivity index (χ4n) is 3.39. The van der Waals surface area contributed by atoms with Crippen LogP contribution in [0.3, 0.4) is 0 Å². The van der Waals surface area contributed by atoms with E-state index in [9.17, 15) is 14.8 Å². The highest BCUT2D eigenvalue weighted by Gasteiger charge is 2.27. The standard InChI is InChI=1S/C23H29ClN4O4/c1-15-5-7-16(8-6-15)21(29)25-18-14-20(17(24)13-19(18)26-31)27-9-11-28(12-10-27)22(30)32-23(2,3)4/h5-8,13-14,26,31H,9-12H2,1-4H3,(H,25,29)/p+1. The summed E-state index contributed by atoms with van der Waals surface area (Å²) in [5, 5.41) is 13.0. The molecule has 1 saturated heterocycles. The van der Waals surface area contributed by atoms with E-state index < -0.39 is 5.60 Å². The summed E-state index contributed by atoms with van der Waals surface area (Å²) in [5.74, 6) is -0.281. The third kappa shape index (κ3) is 5.91. The van der Waals surface area contributed by atoms with E-state index in [0.717, 1.165) is 16.7 Å². The van der Waals surface area contributed by atoms with Crippen molar-refractivity contribution in [3.8, 4) is 0 Å². The molecule has 32 heavy (non-hydrogen) atoms. The molecule has 0 radical (unpaired) electrons. The molecule has 2 aromatic carbocycles. The molecule has 1 heterocycles. The molecule has 0 aromatic heterocycles. The number of rotatable bonds is 4. The lowest BCUT2D eigenvalue weighted by Gasteiger charge is -2.37. The first-order valence-electron chi connectivity index (χ1n) is 10.5. The molecular formula is C23H30ClN4O4+. The summed E-state index contributed by atoms with van der Waals surface area (Å²) in [7, 11) is 0. The molecule has 0 unspecified atom stereocenters. The average Bonchev–Trinajstić information content (AvgIpc) is 2.74. The smallest absolute Gasteiger partial charge is 0.410 e. The second kappa shape index (κ2) is 9.77. The number of amides is 2. The Hall–Kier alpha value is -2.81. The van der Waals surface area contributed by atoms with Crippen LogP contribution in [0.4, 0.5) is 21.9 Å². The van der Waals surface area contributed by atoms with Crippen molar-refractivity contribution in [1.82, 2.24) is 4.90 Å². The van der Waals surface area contributed by atoms with Crippen molar-refractivity contribution in [2.45, 2.75) is 33.3 Å². The Kier molecular flexibility index (Phi) is 7.28. The fourth-order valence-corrected chi connectivity index (χ4v) is 3.68. The van der Waals surface area contributed by atoms with Crippen LogP contribution in [0.15, 0.2) is 36.4 Å². The molecule has 3 rings (SSSR count). The Morgan fingerprint density at radius 2 is 1.72 bits per heavy atom. The highest BCUT2D eigenvalue weighted by molar-refractivity contribution is 6.33. The summed E-state index contributed by atoms with van der Waals surface area (Å²) in [4.78, 5) is 28.7. The number of piperazine rings is 1. The predicted molar refractivity (Wildman–Crippen MR) is 124 cm³/mol. The van der Waals surface area contributed by atoms with Crippen LogP contribution in [0, 0.1) is 6.92 Å². The van der Waals surface area contributed by atoms with E-state index in [-0.39, 0.29) is 12.0 Å². The van der Waals surface area contributed by atoms with Gasteiger partial charge in [0.25, 0.3) is 5.91 Å². The van der Waals surface area contributed by atoms with Crippen molar-refractivity contribution in [2.24, 2.45) is 0 Å². The Morgan fingerprint density at radius 1 is 1.09 bits per heavy atom. The SMILES string of the molecule is Cc1ccc(C(=O)Nc2cc(N3CCN(C(=O)OC(C)(C)C)CC3)c(Cl)cc2[NH2+]O)cc1. The minimum absolute atomic E-state index is 0.281. The number of anilines is 2. The van der Waals surface area contributed by atoms with Crippen LogP contribution in [-0.2, 0) is 4.74 Å². The number of nitrogens with two attached hydrogens (primary N) is 1. The maximum atomic E-state index is 12.7. The highest BCUT2D eigenvalue weighted by Crippen LogP contribution is 2.34. The first kappa shape index (κ1) is 23.8. The monoisotopic (exact) mass is 461 g/mol. The fraction of sp³-hybridized carbons (Fsp3) is 0.391. The van der Waals surface area contributed by atoms with E-state index in [1.54, 1.807) is 29.2 Å². The zero-order valence-corrected chi connectivity index (χ0v) is 19.6. The highest BCUT2D eigenvalue weighted by atomic mass is 35.5. The minimum atomic E-state index is -0.543. The number of benzene rings is 2. The molecule has 1 aliphatic rings. The number of aryl methyl sites for hydroxylation is 1. The molecule has 172 valence electrons. The van der Waals surface area contributed by atoms with Gasteiger partial charge in [-0.05, 0) is 45.9 Å². The largest absolute Gasteiger partial charge is 0.444 e. The first-order chi connectivity index (χ1) is 15.1. The van der Waals surface area contributed by atoms with Crippen molar-refractivity contribution in [3.05, 3.63) is 52.5 Å². The van der Waals surface area contributed by atoms with Crippen LogP contribution in [0.2, 0.25) is 5.02 Å². The Morgan fingerprint density at radius 3 is 2.28 bits per heavy atom. The van der Waals surface area contributed by atoms with Crippen LogP contribution in [0.1, 0.15) is 36.7 Å². The van der Waals surface area contributed by atoms with E-state index in [0.29, 0.717) is 48.1 Å². The van der Waals surface area contributed by atoms with Gasteiger partial charge in [0.2, 0.25) is 0 Å². The zero-order valence-electron chi connectivity index (χ0n) is 18.8. The third-order valence-corrected chi connectivity index (χ3v) is 5.39. The van der Waals surface area contributed by atoms with Crippen molar-refractivity contribution >= 4 is 40.7 Å². The maximum absolute atomic E-state index is 12.7. The number of carbonyl (C=O) groups is 2. The molecule has 0 aliphatic carbocycles. The number of quaternary nitrogens is 1. The molecular weight excluding hydrogens is 432 g/mol. The van der Waals surface area contributed by atoms with Gasteiger partial charge in [0, 0.05) is 37.8 Å². The number of halogens is 1. The predicted octanol–water partition coefficient (Wildman–Crippen LogP) is 3.54. The quantitative estimate of drug-likeness (QED) is 0.477. The molecule has 9 heteroatoms. The number of hydrogen-bond acceptors (Lipinski definition) is 5. The van der Waals surface area contributed by atoms with Crippen molar-refractivity contribution < 1.29 is 25.0 Å². The van der Waals surface area contributed by atoms with Gasteiger partial charge in [-0.25, -0.2) is 10.0 Å². The van der Waals surface area contributed by atoms with Crippen LogP contribution >= 0.6 is 11.6 Å². The van der Waals surface area contributed by atoms with Crippen LogP contribution < -0.4 is 15.7 Å². The second-order valence-corrected chi connectivity index (χ2v) is 9.20. The van der Waals surface area contributed by atoms with E-state index in [4.69, 9.17) is 16.3 Å². The maximum Gasteiger partial charge on any atom is 0.410 e. The van der Waals surface area contributed by atoms with E-state index in [1.807, 2.05) is 44.7 Å². The summed E-state index contributed by atoms with van der Waals surface area (Å²) in [6.45, 7) is 9.58. The summed E-state index contributed by atoms with van der Waals surface area (Å²) in [6, 6.07) is 10.6. The van der Waals surface area contributed by atoms with Gasteiger partial charge in [0.1, 0.15) is 11.3 Å². The summed E-state index contributed by atoms with van der Waals surface area (Å²) < 4.78 is 5.45. The molecule has 8 nitrogen and oxygen atoms in total. The van der Waals surface area contributed by atoms with E-state index in [2.05, 4.69) is 5.32 Å². The number of nitrogens with zero attached hydrogens (tertiary/aromatic N) is 2. The normalized spacial score (nSPS) is 14.3. The van der Waals surface area contributed by atoms with Gasteiger partial charge in [-0.3, -0.25) is 4.79 Å². The topological polar surface area (TPSA) is 98.7 Å². The van der Waals surface area contributed by atoms with Gasteiger partial charge < -0.3 is 19.9 Å². The molecule has 1 fully saturated rings. The first-order valence-corrected chi connectivity index (χ1v) is 10.9. The number of carbonyl (C=O) groups excluding carboxylic acids is 2. The van der Waals surface area contributed by atoms with Gasteiger partial charge in [0.05, 0.1) is 10.7 Å². The average molecular weight is 462 g/mol. The van der Waals surface area contributed by atoms with Gasteiger partial charge in [-0.2, -0.15) is 5.48 Å². The summed E-state index contributed by atoms with van der Waals surface area (Å²) in [6.07, 6.45) is -0.334. The van der Waals surface area contributed by atoms with Gasteiger partial charge in [0.15, 0.2) is 5.69 Å². The van der Waals surface area contributed by atoms with Crippen molar-refractivity contribution in [2.75, 3.05) is 36.4 Å². The molecule has 0 spiro atoms. The molecule has 2 amide bonds. The van der Waals surface area contributed by atoms with E-state index >= 15 is 0 Å². The number of hydrogen-bond donors (Lipinski definition) is 3. The Labute approximate surface area is 193 Å². The Balaban J connectivity index is 1.74. The number of nitrogens with one attached hydrogen (secondary N) is 1. The van der Waals surface area contributed by atoms with E-state index in [1.165, 1.54) is 0 Å². The Bertz CT molecular complexity index is 981. The van der Waals surface area contributed by atoms with Crippen molar-refractivity contribution in [1.29, 1.82) is 0 Å². The molecule has 4 N–H and O–H groups in total. The summed E-state index contributed by atoms with van der Waals surface area (Å²) >= 11 is 6.48. The van der Waals surface area contributed by atoms with Crippen LogP contribution in [-0.4, -0.2) is 53.9 Å². The summed E-state index contributed by atoms with van der Waals surface area (Å²) in [5.41, 5.74) is 3.53. The molecule has 0 atom stereocenters. The molecule has 2 aromatic rings. The minimum Gasteiger partial charge on any atom is -0.444 e. The van der Waals surface area contributed by atoms with Gasteiger partial charge in [-0.1, -0.05) is 29.3 Å². The lowest BCUT2D eigenvalue weighted by Crippen LogP contribution is -2.74. The lowest BCUT2D eigenvalue weighted by molar-refractivity contribution is -0.825. The van der Waals surface area contributed by atoms with Gasteiger partial charge >= 0.3 is 6.09 Å². The molecule has 0 saturated carbocycles. The molecule has 0 bridgehead atoms. The van der Waals surface area contributed by atoms with Crippen LogP contribution in [0.25, 0.3) is 0 Å². The number of ether oxygens (including phenoxy) is 1. The zero-order chi connectivity index (χ0) is 23.5. The van der Waals surface area contributed by atoms with Gasteiger partial charge in [-0.15, -0.1) is 0 Å². The van der Waals surface area contributed by atoms with Crippen LogP contribution in [0.5, 0.6) is 0 Å². The lowest BCUT2D eigenvalue weighted by atomic mass is 10.1. The third-order valence-electron chi connectivity index (χ3n) is 5.09. The van der Waals surface area contributed by atoms with Crippen molar-refractivity contribution in [3.63, 3.8) is 0 Å².